The zero-order chi connectivity index (χ0) is 12.8. The minimum Gasteiger partial charge on any atom is -0.392 e. The predicted molar refractivity (Wildman–Crippen MR) is 68.9 cm³/mol. The molecule has 0 aliphatic rings. The van der Waals surface area contributed by atoms with Gasteiger partial charge in [-0.05, 0) is 31.2 Å². The molecule has 2 unspecified atom stereocenters. The summed E-state index contributed by atoms with van der Waals surface area (Å²) in [5, 5.41) is 9.41. The van der Waals surface area contributed by atoms with Crippen molar-refractivity contribution in [3.63, 3.8) is 0 Å². The third kappa shape index (κ3) is 4.88. The van der Waals surface area contributed by atoms with Gasteiger partial charge in [0.15, 0.2) is 5.78 Å². The minimum atomic E-state index is -0.374. The van der Waals surface area contributed by atoms with Crippen molar-refractivity contribution in [2.45, 2.75) is 31.6 Å². The van der Waals surface area contributed by atoms with Gasteiger partial charge in [-0.3, -0.25) is 4.79 Å². The van der Waals surface area contributed by atoms with E-state index in [0.29, 0.717) is 17.7 Å². The highest BCUT2D eigenvalue weighted by atomic mass is 32.2. The van der Waals surface area contributed by atoms with Gasteiger partial charge in [-0.2, -0.15) is 11.8 Å². The number of carbonyl (C=O) groups is 1. The van der Waals surface area contributed by atoms with E-state index in [1.54, 1.807) is 18.7 Å². The molecule has 1 aromatic carbocycles. The van der Waals surface area contributed by atoms with Gasteiger partial charge in [0.2, 0.25) is 0 Å². The quantitative estimate of drug-likeness (QED) is 0.795. The second-order valence-electron chi connectivity index (χ2n) is 4.00. The van der Waals surface area contributed by atoms with Crippen molar-refractivity contribution in [3.05, 3.63) is 35.6 Å². The highest BCUT2D eigenvalue weighted by molar-refractivity contribution is 7.99. The molecule has 4 heteroatoms. The molecule has 0 aliphatic heterocycles. The van der Waals surface area contributed by atoms with Crippen molar-refractivity contribution in [1.29, 1.82) is 0 Å². The molecule has 94 valence electrons. The van der Waals surface area contributed by atoms with E-state index >= 15 is 0 Å². The van der Waals surface area contributed by atoms with Gasteiger partial charge in [-0.15, -0.1) is 0 Å². The molecule has 0 aliphatic carbocycles. The first-order valence-corrected chi connectivity index (χ1v) is 6.64. The fourth-order valence-electron chi connectivity index (χ4n) is 1.26. The van der Waals surface area contributed by atoms with Crippen molar-refractivity contribution < 1.29 is 14.3 Å². The lowest BCUT2D eigenvalue weighted by atomic mass is 10.1. The number of thioether (sulfide) groups is 1. The van der Waals surface area contributed by atoms with E-state index in [2.05, 4.69) is 0 Å². The molecule has 1 rings (SSSR count). The minimum absolute atomic E-state index is 0.00953. The van der Waals surface area contributed by atoms with Crippen LogP contribution in [0.5, 0.6) is 0 Å². The Morgan fingerprint density at radius 1 is 1.35 bits per heavy atom. The normalized spacial score (nSPS) is 14.4. The van der Waals surface area contributed by atoms with Crippen LogP contribution in [-0.4, -0.2) is 28.0 Å². The van der Waals surface area contributed by atoms with E-state index in [-0.39, 0.29) is 23.0 Å². The number of hydrogen-bond acceptors (Lipinski definition) is 3. The number of aliphatic hydroxyl groups is 1. The van der Waals surface area contributed by atoms with Crippen LogP contribution in [0.4, 0.5) is 4.39 Å². The smallest absolute Gasteiger partial charge is 0.163 e. The number of carbonyl (C=O) groups excluding carboxylic acids is 1. The van der Waals surface area contributed by atoms with Crippen molar-refractivity contribution in [2.75, 3.05) is 5.75 Å². The molecular weight excluding hydrogens is 239 g/mol. The number of rotatable bonds is 6. The van der Waals surface area contributed by atoms with Gasteiger partial charge in [-0.25, -0.2) is 4.39 Å². The second-order valence-corrected chi connectivity index (χ2v) is 5.48. The van der Waals surface area contributed by atoms with E-state index in [4.69, 9.17) is 0 Å². The summed E-state index contributed by atoms with van der Waals surface area (Å²) in [6, 6.07) is 5.58. The van der Waals surface area contributed by atoms with Crippen LogP contribution in [-0.2, 0) is 0 Å². The van der Waals surface area contributed by atoms with Gasteiger partial charge in [-0.1, -0.05) is 6.92 Å². The van der Waals surface area contributed by atoms with Crippen LogP contribution in [0.25, 0.3) is 0 Å². The van der Waals surface area contributed by atoms with Crippen LogP contribution in [0, 0.1) is 5.82 Å². The van der Waals surface area contributed by atoms with Crippen LogP contribution < -0.4 is 0 Å². The highest BCUT2D eigenvalue weighted by Crippen LogP contribution is 2.16. The first-order valence-electron chi connectivity index (χ1n) is 5.59. The van der Waals surface area contributed by atoms with Crippen molar-refractivity contribution >= 4 is 17.5 Å². The molecule has 0 fully saturated rings. The zero-order valence-electron chi connectivity index (χ0n) is 10.0. The summed E-state index contributed by atoms with van der Waals surface area (Å²) in [5.41, 5.74) is 0.539. The summed E-state index contributed by atoms with van der Waals surface area (Å²) >= 11 is 1.57. The first-order chi connectivity index (χ1) is 8.00. The predicted octanol–water partition coefficient (Wildman–Crippen LogP) is 2.90. The molecule has 1 N–H and O–H groups in total. The Morgan fingerprint density at radius 3 is 2.47 bits per heavy atom. The Labute approximate surface area is 105 Å². The monoisotopic (exact) mass is 256 g/mol. The van der Waals surface area contributed by atoms with E-state index < -0.39 is 0 Å². The molecule has 0 amide bonds. The van der Waals surface area contributed by atoms with Crippen molar-refractivity contribution in [2.24, 2.45) is 0 Å². The number of ketones is 1. The molecule has 0 saturated carbocycles. The Morgan fingerprint density at radius 2 is 1.94 bits per heavy atom. The summed E-state index contributed by atoms with van der Waals surface area (Å²) in [7, 11) is 0. The summed E-state index contributed by atoms with van der Waals surface area (Å²) < 4.78 is 12.7. The van der Waals surface area contributed by atoms with Gasteiger partial charge in [0.1, 0.15) is 5.82 Å². The van der Waals surface area contributed by atoms with Gasteiger partial charge in [0.25, 0.3) is 0 Å². The summed E-state index contributed by atoms with van der Waals surface area (Å²) in [4.78, 5) is 11.7. The largest absolute Gasteiger partial charge is 0.392 e. The number of Topliss-reactive ketones (excluding diaryl/α,β-unsaturated/α-hetero) is 1. The maximum absolute atomic E-state index is 12.7. The number of hydrogen-bond donors (Lipinski definition) is 1. The molecular formula is C13H17FO2S. The first kappa shape index (κ1) is 14.2. The maximum atomic E-state index is 12.7. The molecule has 2 atom stereocenters. The molecule has 0 radical (unpaired) electrons. The SMILES string of the molecule is CC(O)C(C)SCCC(=O)c1ccc(F)cc1. The van der Waals surface area contributed by atoms with Gasteiger partial charge < -0.3 is 5.11 Å². The fraction of sp³-hybridized carbons (Fsp3) is 0.462. The third-order valence-corrected chi connectivity index (χ3v) is 3.91. The van der Waals surface area contributed by atoms with Crippen molar-refractivity contribution in [1.82, 2.24) is 0 Å². The fourth-order valence-corrected chi connectivity index (χ4v) is 2.21. The number of halogens is 1. The lowest BCUT2D eigenvalue weighted by molar-refractivity contribution is 0.0989. The standard InChI is InChI=1S/C13H17FO2S/c1-9(15)10(2)17-8-7-13(16)11-3-5-12(14)6-4-11/h3-6,9-10,15H,7-8H2,1-2H3. The Balaban J connectivity index is 2.37. The maximum Gasteiger partial charge on any atom is 0.163 e. The number of benzene rings is 1. The molecule has 0 bridgehead atoms. The summed E-state index contributed by atoms with van der Waals surface area (Å²) in [6.45, 7) is 3.66. The summed E-state index contributed by atoms with van der Waals surface area (Å²) in [5.74, 6) is 0.344. The molecule has 17 heavy (non-hydrogen) atoms. The van der Waals surface area contributed by atoms with Gasteiger partial charge in [0, 0.05) is 23.0 Å². The van der Waals surface area contributed by atoms with E-state index in [9.17, 15) is 14.3 Å². The van der Waals surface area contributed by atoms with Crippen LogP contribution in [0.3, 0.4) is 0 Å². The molecule has 0 aromatic heterocycles. The molecule has 0 saturated heterocycles. The lowest BCUT2D eigenvalue weighted by Crippen LogP contribution is -2.16. The average Bonchev–Trinajstić information content (AvgIpc) is 2.29. The van der Waals surface area contributed by atoms with E-state index in [1.807, 2.05) is 6.92 Å². The average molecular weight is 256 g/mol. The molecule has 0 heterocycles. The van der Waals surface area contributed by atoms with E-state index in [0.717, 1.165) is 0 Å². The molecule has 2 nitrogen and oxygen atoms in total. The second kappa shape index (κ2) is 6.77. The highest BCUT2D eigenvalue weighted by Gasteiger charge is 2.11. The van der Waals surface area contributed by atoms with Crippen LogP contribution in [0.1, 0.15) is 30.6 Å². The summed E-state index contributed by atoms with van der Waals surface area (Å²) in [6.07, 6.45) is 0.0359. The van der Waals surface area contributed by atoms with Crippen LogP contribution in [0.2, 0.25) is 0 Å². The van der Waals surface area contributed by atoms with E-state index in [1.165, 1.54) is 24.3 Å². The topological polar surface area (TPSA) is 37.3 Å². The Hall–Kier alpha value is -0.870. The van der Waals surface area contributed by atoms with Crippen LogP contribution in [0.15, 0.2) is 24.3 Å². The lowest BCUT2D eigenvalue weighted by Gasteiger charge is -2.13. The van der Waals surface area contributed by atoms with Crippen molar-refractivity contribution in [3.8, 4) is 0 Å². The third-order valence-electron chi connectivity index (χ3n) is 2.56. The molecule has 0 spiro atoms. The Bertz CT molecular complexity index is 362. The number of aliphatic hydroxyl groups excluding tert-OH is 1. The molecule has 1 aromatic rings. The Kier molecular flexibility index (Phi) is 5.65. The van der Waals surface area contributed by atoms with Gasteiger partial charge >= 0.3 is 0 Å². The van der Waals surface area contributed by atoms with Gasteiger partial charge in [0.05, 0.1) is 6.10 Å². The van der Waals surface area contributed by atoms with Crippen LogP contribution >= 0.6 is 11.8 Å². The zero-order valence-corrected chi connectivity index (χ0v) is 10.8.